The van der Waals surface area contributed by atoms with E-state index in [-0.39, 0.29) is 5.97 Å². The van der Waals surface area contributed by atoms with Gasteiger partial charge in [0.05, 0.1) is 0 Å². The monoisotopic (exact) mass is 200 g/mol. The molecule has 0 aromatic rings. The number of piperazine rings is 1. The zero-order valence-electron chi connectivity index (χ0n) is 9.32. The van der Waals surface area contributed by atoms with Crippen LogP contribution in [0.3, 0.4) is 0 Å². The molecule has 1 aliphatic rings. The average molecular weight is 200 g/mol. The quantitative estimate of drug-likeness (QED) is 0.677. The molecule has 0 aromatic heterocycles. The number of hydrogen-bond donors (Lipinski definition) is 0. The van der Waals surface area contributed by atoms with Gasteiger partial charge >= 0.3 is 5.97 Å². The fourth-order valence-electron chi connectivity index (χ4n) is 1.52. The van der Waals surface area contributed by atoms with Crippen molar-refractivity contribution in [3.8, 4) is 0 Å². The number of carbonyl (C=O) groups is 1. The summed E-state index contributed by atoms with van der Waals surface area (Å²) in [5, 5.41) is 1.77. The summed E-state index contributed by atoms with van der Waals surface area (Å²) in [5.41, 5.74) is 0. The molecule has 0 bridgehead atoms. The highest BCUT2D eigenvalue weighted by atomic mass is 16.7. The normalized spacial score (nSPS) is 20.0. The first-order chi connectivity index (χ1) is 6.63. The van der Waals surface area contributed by atoms with Crippen molar-refractivity contribution in [3.05, 3.63) is 0 Å². The van der Waals surface area contributed by atoms with Gasteiger partial charge in [-0.15, -0.1) is 5.06 Å². The van der Waals surface area contributed by atoms with E-state index in [0.29, 0.717) is 12.5 Å². The maximum atomic E-state index is 11.0. The van der Waals surface area contributed by atoms with Crippen molar-refractivity contribution in [3.63, 3.8) is 0 Å². The first-order valence-electron chi connectivity index (χ1n) is 5.33. The summed E-state index contributed by atoms with van der Waals surface area (Å²) in [4.78, 5) is 18.5. The molecule has 0 aromatic carbocycles. The highest BCUT2D eigenvalue weighted by Crippen LogP contribution is 2.06. The number of rotatable bonds is 3. The van der Waals surface area contributed by atoms with Crippen LogP contribution in [0, 0.1) is 0 Å². The summed E-state index contributed by atoms with van der Waals surface area (Å²) < 4.78 is 0. The average Bonchev–Trinajstić information content (AvgIpc) is 2.18. The standard InChI is InChI=1S/C10H20N2O2/c1-4-10(13)14-12-7-5-11(6-8-12)9(2)3/h9H,4-8H2,1-3H3. The topological polar surface area (TPSA) is 32.8 Å². The van der Waals surface area contributed by atoms with Crippen LogP contribution in [0.25, 0.3) is 0 Å². The van der Waals surface area contributed by atoms with Crippen LogP contribution in [0.15, 0.2) is 0 Å². The van der Waals surface area contributed by atoms with Crippen molar-refractivity contribution in [2.75, 3.05) is 26.2 Å². The van der Waals surface area contributed by atoms with Crippen molar-refractivity contribution in [2.24, 2.45) is 0 Å². The second-order valence-electron chi connectivity index (χ2n) is 3.88. The Balaban J connectivity index is 2.25. The molecule has 1 aliphatic heterocycles. The van der Waals surface area contributed by atoms with E-state index in [2.05, 4.69) is 18.7 Å². The minimum atomic E-state index is -0.136. The molecule has 4 heteroatoms. The van der Waals surface area contributed by atoms with Crippen LogP contribution in [0.1, 0.15) is 27.2 Å². The van der Waals surface area contributed by atoms with Crippen molar-refractivity contribution in [1.82, 2.24) is 9.96 Å². The molecular weight excluding hydrogens is 180 g/mol. The van der Waals surface area contributed by atoms with E-state index in [1.54, 1.807) is 5.06 Å². The van der Waals surface area contributed by atoms with E-state index in [1.165, 1.54) is 0 Å². The summed E-state index contributed by atoms with van der Waals surface area (Å²) in [6.45, 7) is 9.80. The lowest BCUT2D eigenvalue weighted by Crippen LogP contribution is -2.49. The summed E-state index contributed by atoms with van der Waals surface area (Å²) in [6, 6.07) is 0.582. The van der Waals surface area contributed by atoms with Crippen LogP contribution in [-0.2, 0) is 9.63 Å². The number of hydroxylamine groups is 2. The Labute approximate surface area is 85.8 Å². The third-order valence-electron chi connectivity index (χ3n) is 2.52. The molecule has 0 radical (unpaired) electrons. The molecule has 0 spiro atoms. The van der Waals surface area contributed by atoms with E-state index < -0.39 is 0 Å². The zero-order chi connectivity index (χ0) is 10.6. The van der Waals surface area contributed by atoms with Crippen molar-refractivity contribution < 1.29 is 9.63 Å². The minimum absolute atomic E-state index is 0.136. The molecule has 0 amide bonds. The summed E-state index contributed by atoms with van der Waals surface area (Å²) in [6.07, 6.45) is 0.449. The van der Waals surface area contributed by atoms with Gasteiger partial charge in [-0.2, -0.15) is 0 Å². The van der Waals surface area contributed by atoms with Gasteiger partial charge in [0, 0.05) is 38.6 Å². The molecule has 1 fully saturated rings. The first-order valence-corrected chi connectivity index (χ1v) is 5.33. The van der Waals surface area contributed by atoms with Crippen LogP contribution < -0.4 is 0 Å². The van der Waals surface area contributed by atoms with E-state index in [1.807, 2.05) is 6.92 Å². The third kappa shape index (κ3) is 3.27. The molecule has 1 rings (SSSR count). The molecule has 14 heavy (non-hydrogen) atoms. The van der Waals surface area contributed by atoms with Gasteiger partial charge in [0.25, 0.3) is 0 Å². The van der Waals surface area contributed by atoms with Crippen LogP contribution in [0.2, 0.25) is 0 Å². The molecule has 0 unspecified atom stereocenters. The fourth-order valence-corrected chi connectivity index (χ4v) is 1.52. The van der Waals surface area contributed by atoms with Crippen LogP contribution in [0.5, 0.6) is 0 Å². The van der Waals surface area contributed by atoms with Gasteiger partial charge in [-0.05, 0) is 13.8 Å². The second kappa shape index (κ2) is 5.32. The van der Waals surface area contributed by atoms with Gasteiger partial charge in [0.2, 0.25) is 0 Å². The lowest BCUT2D eigenvalue weighted by Gasteiger charge is -2.35. The van der Waals surface area contributed by atoms with E-state index in [0.717, 1.165) is 26.2 Å². The van der Waals surface area contributed by atoms with Gasteiger partial charge in [0.15, 0.2) is 0 Å². The summed E-state index contributed by atoms with van der Waals surface area (Å²) in [5.74, 6) is -0.136. The molecule has 0 saturated carbocycles. The zero-order valence-corrected chi connectivity index (χ0v) is 9.32. The van der Waals surface area contributed by atoms with Crippen molar-refractivity contribution in [1.29, 1.82) is 0 Å². The van der Waals surface area contributed by atoms with Gasteiger partial charge < -0.3 is 4.84 Å². The molecular formula is C10H20N2O2. The van der Waals surface area contributed by atoms with Crippen LogP contribution in [0.4, 0.5) is 0 Å². The third-order valence-corrected chi connectivity index (χ3v) is 2.52. The molecule has 0 aliphatic carbocycles. The highest BCUT2D eigenvalue weighted by Gasteiger charge is 2.20. The molecule has 0 N–H and O–H groups in total. The smallest absolute Gasteiger partial charge is 0.324 e. The molecule has 82 valence electrons. The predicted octanol–water partition coefficient (Wildman–Crippen LogP) is 0.881. The van der Waals surface area contributed by atoms with Crippen molar-refractivity contribution in [2.45, 2.75) is 33.2 Å². The number of nitrogens with zero attached hydrogens (tertiary/aromatic N) is 2. The SMILES string of the molecule is CCC(=O)ON1CCN(C(C)C)CC1. The maximum Gasteiger partial charge on any atom is 0.324 e. The van der Waals surface area contributed by atoms with E-state index in [4.69, 9.17) is 4.84 Å². The maximum absolute atomic E-state index is 11.0. The fraction of sp³-hybridized carbons (Fsp3) is 0.900. The predicted molar refractivity (Wildman–Crippen MR) is 54.7 cm³/mol. The Morgan fingerprint density at radius 2 is 1.86 bits per heavy atom. The lowest BCUT2D eigenvalue weighted by atomic mass is 10.3. The Morgan fingerprint density at radius 1 is 1.29 bits per heavy atom. The first kappa shape index (κ1) is 11.5. The molecule has 0 atom stereocenters. The number of carbonyl (C=O) groups excluding carboxylic acids is 1. The van der Waals surface area contributed by atoms with Gasteiger partial charge in [0.1, 0.15) is 0 Å². The van der Waals surface area contributed by atoms with Crippen molar-refractivity contribution >= 4 is 5.97 Å². The Hall–Kier alpha value is -0.610. The number of hydrogen-bond acceptors (Lipinski definition) is 4. The largest absolute Gasteiger partial charge is 0.368 e. The van der Waals surface area contributed by atoms with Gasteiger partial charge in [-0.1, -0.05) is 6.92 Å². The van der Waals surface area contributed by atoms with Gasteiger partial charge in [-0.25, -0.2) is 0 Å². The minimum Gasteiger partial charge on any atom is -0.368 e. The van der Waals surface area contributed by atoms with Crippen LogP contribution >= 0.6 is 0 Å². The Morgan fingerprint density at radius 3 is 2.29 bits per heavy atom. The molecule has 4 nitrogen and oxygen atoms in total. The summed E-state index contributed by atoms with van der Waals surface area (Å²) in [7, 11) is 0. The van der Waals surface area contributed by atoms with Gasteiger partial charge in [-0.3, -0.25) is 9.69 Å². The molecule has 1 saturated heterocycles. The van der Waals surface area contributed by atoms with Crippen LogP contribution in [-0.4, -0.2) is 48.2 Å². The van der Waals surface area contributed by atoms with E-state index >= 15 is 0 Å². The summed E-state index contributed by atoms with van der Waals surface area (Å²) >= 11 is 0. The Kier molecular flexibility index (Phi) is 4.35. The lowest BCUT2D eigenvalue weighted by molar-refractivity contribution is -0.198. The second-order valence-corrected chi connectivity index (χ2v) is 3.88. The van der Waals surface area contributed by atoms with E-state index in [9.17, 15) is 4.79 Å². The molecule has 1 heterocycles. The Bertz CT molecular complexity index is 187. The highest BCUT2D eigenvalue weighted by molar-refractivity contribution is 5.68.